The third-order valence-corrected chi connectivity index (χ3v) is 4.21. The van der Waals surface area contributed by atoms with E-state index in [0.29, 0.717) is 5.56 Å². The Kier molecular flexibility index (Phi) is 5.88. The lowest BCUT2D eigenvalue weighted by atomic mass is 9.78. The number of benzene rings is 1. The number of hydrogen-bond donors (Lipinski definition) is 3. The Balaban J connectivity index is 1.82. The van der Waals surface area contributed by atoms with Crippen molar-refractivity contribution in [2.24, 2.45) is 11.8 Å². The van der Waals surface area contributed by atoms with Crippen molar-refractivity contribution in [2.75, 3.05) is 0 Å². The van der Waals surface area contributed by atoms with Gasteiger partial charge >= 0.3 is 6.09 Å². The molecule has 0 saturated carbocycles. The lowest BCUT2D eigenvalue weighted by molar-refractivity contribution is -0.384. The van der Waals surface area contributed by atoms with Gasteiger partial charge in [0.05, 0.1) is 28.9 Å². The first-order chi connectivity index (χ1) is 12.2. The zero-order chi connectivity index (χ0) is 19.4. The van der Waals surface area contributed by atoms with Crippen LogP contribution in [0.15, 0.2) is 24.3 Å². The first-order valence-corrected chi connectivity index (χ1v) is 7.90. The third kappa shape index (κ3) is 4.33. The number of rotatable bonds is 6. The topological polar surface area (TPSA) is 148 Å². The molecule has 1 heterocycles. The number of nitrogens with zero attached hydrogens (tertiary/aromatic N) is 1. The van der Waals surface area contributed by atoms with Crippen molar-refractivity contribution in [3.8, 4) is 0 Å². The number of nitro groups is 1. The van der Waals surface area contributed by atoms with Gasteiger partial charge in [0.15, 0.2) is 0 Å². The molecule has 0 aromatic heterocycles. The highest BCUT2D eigenvalue weighted by molar-refractivity contribution is 5.95. The summed E-state index contributed by atoms with van der Waals surface area (Å²) < 4.78 is 4.90. The number of non-ortho nitro benzene ring substituents is 1. The summed E-state index contributed by atoms with van der Waals surface area (Å²) in [6, 6.07) is 4.86. The fourth-order valence-corrected chi connectivity index (χ4v) is 2.65. The largest absolute Gasteiger partial charge is 0.444 e. The van der Waals surface area contributed by atoms with Crippen LogP contribution in [0.4, 0.5) is 10.5 Å². The zero-order valence-corrected chi connectivity index (χ0v) is 14.2. The molecule has 3 N–H and O–H groups in total. The molecular weight excluding hydrogens is 346 g/mol. The molecule has 1 unspecified atom stereocenters. The molecule has 26 heavy (non-hydrogen) atoms. The number of nitrogens with one attached hydrogen (secondary N) is 2. The molecule has 0 spiro atoms. The van der Waals surface area contributed by atoms with Gasteiger partial charge in [-0.1, -0.05) is 6.92 Å². The Morgan fingerprint density at radius 2 is 1.96 bits per heavy atom. The molecule has 3 amide bonds. The second-order valence-electron chi connectivity index (χ2n) is 6.08. The molecule has 1 saturated heterocycles. The normalized spacial score (nSPS) is 21.0. The van der Waals surface area contributed by atoms with E-state index in [4.69, 9.17) is 4.74 Å². The van der Waals surface area contributed by atoms with E-state index in [1.54, 1.807) is 0 Å². The summed E-state index contributed by atoms with van der Waals surface area (Å²) in [6.45, 7) is 2.82. The highest BCUT2D eigenvalue weighted by Gasteiger charge is 2.47. The van der Waals surface area contributed by atoms with Crippen LogP contribution in [0.5, 0.6) is 0 Å². The standard InChI is InChI=1S/C16H19N3O7/c1-8(13-12(9(2)20)15(22)17-13)14(21)18-16(23)26-7-10-3-5-11(6-4-10)19(24)25/h3-6,8-9,12-13,20H,7H2,1-2H3,(H,17,22)(H,18,21,23)/t8?,9-,12-,13-/m1/s1. The Morgan fingerprint density at radius 3 is 2.46 bits per heavy atom. The molecule has 10 heteroatoms. The van der Waals surface area contributed by atoms with Crippen LogP contribution in [0.3, 0.4) is 0 Å². The van der Waals surface area contributed by atoms with Crippen molar-refractivity contribution in [1.29, 1.82) is 0 Å². The molecule has 1 fully saturated rings. The van der Waals surface area contributed by atoms with E-state index in [9.17, 15) is 29.6 Å². The van der Waals surface area contributed by atoms with Gasteiger partial charge in [0.25, 0.3) is 5.69 Å². The van der Waals surface area contributed by atoms with Crippen molar-refractivity contribution >= 4 is 23.6 Å². The van der Waals surface area contributed by atoms with Gasteiger partial charge in [-0.05, 0) is 24.6 Å². The van der Waals surface area contributed by atoms with E-state index in [1.807, 2.05) is 0 Å². The van der Waals surface area contributed by atoms with E-state index >= 15 is 0 Å². The number of carbonyl (C=O) groups excluding carboxylic acids is 3. The van der Waals surface area contributed by atoms with E-state index in [1.165, 1.54) is 38.1 Å². The first-order valence-electron chi connectivity index (χ1n) is 7.90. The van der Waals surface area contributed by atoms with Gasteiger partial charge in [0.1, 0.15) is 6.61 Å². The number of aliphatic hydroxyl groups excluding tert-OH is 1. The number of amides is 3. The molecule has 1 aromatic rings. The molecule has 0 bridgehead atoms. The van der Waals surface area contributed by atoms with Gasteiger partial charge in [-0.2, -0.15) is 0 Å². The third-order valence-electron chi connectivity index (χ3n) is 4.21. The van der Waals surface area contributed by atoms with E-state index < -0.39 is 40.9 Å². The van der Waals surface area contributed by atoms with E-state index in [2.05, 4.69) is 10.6 Å². The number of β-lactam (4-membered cyclic amide) rings is 1. The minimum absolute atomic E-state index is 0.0857. The van der Waals surface area contributed by atoms with Crippen molar-refractivity contribution in [2.45, 2.75) is 32.6 Å². The minimum Gasteiger partial charge on any atom is -0.444 e. The highest BCUT2D eigenvalue weighted by Crippen LogP contribution is 2.25. The van der Waals surface area contributed by atoms with Crippen LogP contribution >= 0.6 is 0 Å². The Labute approximate surface area is 148 Å². The molecule has 1 aliphatic rings. The first kappa shape index (κ1) is 19.3. The molecule has 10 nitrogen and oxygen atoms in total. The second-order valence-corrected chi connectivity index (χ2v) is 6.08. The number of imide groups is 1. The SMILES string of the molecule is CC(C(=O)NC(=O)OCc1ccc([N+](=O)[O-])cc1)[C@H]1NC(=O)[C@@H]1[C@@H](C)O. The van der Waals surface area contributed by atoms with E-state index in [0.717, 1.165) is 0 Å². The molecule has 140 valence electrons. The quantitative estimate of drug-likeness (QED) is 0.377. The van der Waals surface area contributed by atoms with E-state index in [-0.39, 0.29) is 18.2 Å². The number of aliphatic hydroxyl groups is 1. The average Bonchev–Trinajstić information content (AvgIpc) is 2.56. The lowest BCUT2D eigenvalue weighted by Crippen LogP contribution is -2.66. The summed E-state index contributed by atoms with van der Waals surface area (Å²) in [5.74, 6) is -2.43. The maximum absolute atomic E-state index is 12.1. The van der Waals surface area contributed by atoms with Crippen LogP contribution in [0, 0.1) is 22.0 Å². The van der Waals surface area contributed by atoms with Gasteiger partial charge in [-0.3, -0.25) is 25.0 Å². The van der Waals surface area contributed by atoms with Gasteiger partial charge in [0.2, 0.25) is 11.8 Å². The summed E-state index contributed by atoms with van der Waals surface area (Å²) in [5, 5.41) is 24.7. The summed E-state index contributed by atoms with van der Waals surface area (Å²) in [4.78, 5) is 45.2. The number of nitro benzene ring substituents is 1. The van der Waals surface area contributed by atoms with Crippen LogP contribution in [0.25, 0.3) is 0 Å². The Hall–Kier alpha value is -3.01. The van der Waals surface area contributed by atoms with Crippen LogP contribution in [-0.4, -0.2) is 40.1 Å². The molecule has 1 aromatic carbocycles. The van der Waals surface area contributed by atoms with Gasteiger partial charge < -0.3 is 15.2 Å². The van der Waals surface area contributed by atoms with Gasteiger partial charge in [0, 0.05) is 12.1 Å². The van der Waals surface area contributed by atoms with Crippen molar-refractivity contribution in [1.82, 2.24) is 10.6 Å². The van der Waals surface area contributed by atoms with Crippen LogP contribution in [0.1, 0.15) is 19.4 Å². The second kappa shape index (κ2) is 7.91. The van der Waals surface area contributed by atoms with Crippen molar-refractivity contribution in [3.05, 3.63) is 39.9 Å². The fraction of sp³-hybridized carbons (Fsp3) is 0.438. The number of ether oxygens (including phenoxy) is 1. The highest BCUT2D eigenvalue weighted by atomic mass is 16.6. The van der Waals surface area contributed by atoms with Gasteiger partial charge in [-0.15, -0.1) is 0 Å². The number of alkyl carbamates (subject to hydrolysis) is 1. The Morgan fingerprint density at radius 1 is 1.35 bits per heavy atom. The summed E-state index contributed by atoms with van der Waals surface area (Å²) in [6.07, 6.45) is -1.88. The lowest BCUT2D eigenvalue weighted by Gasteiger charge is -2.41. The maximum atomic E-state index is 12.1. The smallest absolute Gasteiger partial charge is 0.414 e. The van der Waals surface area contributed by atoms with Crippen LogP contribution in [0.2, 0.25) is 0 Å². The summed E-state index contributed by atoms with van der Waals surface area (Å²) >= 11 is 0. The number of hydrogen-bond acceptors (Lipinski definition) is 7. The summed E-state index contributed by atoms with van der Waals surface area (Å²) in [7, 11) is 0. The monoisotopic (exact) mass is 365 g/mol. The molecular formula is C16H19N3O7. The molecule has 1 aliphatic heterocycles. The van der Waals surface area contributed by atoms with Crippen LogP contribution in [-0.2, 0) is 20.9 Å². The zero-order valence-electron chi connectivity index (χ0n) is 14.2. The van der Waals surface area contributed by atoms with Gasteiger partial charge in [-0.25, -0.2) is 4.79 Å². The molecule has 4 atom stereocenters. The summed E-state index contributed by atoms with van der Waals surface area (Å²) in [5.41, 5.74) is 0.434. The maximum Gasteiger partial charge on any atom is 0.414 e. The fourth-order valence-electron chi connectivity index (χ4n) is 2.65. The number of carbonyl (C=O) groups is 3. The predicted molar refractivity (Wildman–Crippen MR) is 87.7 cm³/mol. The predicted octanol–water partition coefficient (Wildman–Crippen LogP) is 0.479. The average molecular weight is 365 g/mol. The van der Waals surface area contributed by atoms with Crippen LogP contribution < -0.4 is 10.6 Å². The van der Waals surface area contributed by atoms with Crippen molar-refractivity contribution in [3.63, 3.8) is 0 Å². The molecule has 0 aliphatic carbocycles. The minimum atomic E-state index is -0.973. The Bertz CT molecular complexity index is 717. The molecule has 0 radical (unpaired) electrons. The van der Waals surface area contributed by atoms with Crippen molar-refractivity contribution < 1.29 is 29.2 Å². The molecule has 2 rings (SSSR count).